The van der Waals surface area contributed by atoms with Gasteiger partial charge in [0.1, 0.15) is 5.75 Å². The Labute approximate surface area is 114 Å². The van der Waals surface area contributed by atoms with Gasteiger partial charge in [-0.1, -0.05) is 0 Å². The van der Waals surface area contributed by atoms with Crippen LogP contribution in [-0.2, 0) is 0 Å². The third-order valence-corrected chi connectivity index (χ3v) is 2.76. The summed E-state index contributed by atoms with van der Waals surface area (Å²) in [5.74, 6) is -0.912. The van der Waals surface area contributed by atoms with Crippen molar-refractivity contribution in [2.24, 2.45) is 0 Å². The molecule has 0 spiro atoms. The lowest BCUT2D eigenvalue weighted by Gasteiger charge is -2.17. The molecule has 0 aliphatic heterocycles. The highest BCUT2D eigenvalue weighted by Crippen LogP contribution is 2.25. The van der Waals surface area contributed by atoms with Crippen LogP contribution >= 0.6 is 0 Å². The molecule has 7 heteroatoms. The molecule has 0 aliphatic rings. The van der Waals surface area contributed by atoms with Gasteiger partial charge in [-0.25, -0.2) is 0 Å². The van der Waals surface area contributed by atoms with Crippen LogP contribution in [0.5, 0.6) is 5.75 Å². The Bertz CT molecular complexity index is 658. The molecule has 102 valence electrons. The minimum absolute atomic E-state index is 0.0121. The van der Waals surface area contributed by atoms with Crippen LogP contribution in [0.2, 0.25) is 0 Å². The minimum atomic E-state index is -0.640. The molecular weight excluding hydrogens is 262 g/mol. The highest BCUT2D eigenvalue weighted by Gasteiger charge is 2.19. The molecule has 0 saturated heterocycles. The summed E-state index contributed by atoms with van der Waals surface area (Å²) in [6.45, 7) is 0. The van der Waals surface area contributed by atoms with Gasteiger partial charge < -0.3 is 10.0 Å². The number of nitro benzene ring substituents is 1. The van der Waals surface area contributed by atoms with Crippen LogP contribution in [-0.4, -0.2) is 28.0 Å². The van der Waals surface area contributed by atoms with Gasteiger partial charge in [0.05, 0.1) is 28.4 Å². The van der Waals surface area contributed by atoms with E-state index in [1.54, 1.807) is 18.3 Å². The zero-order valence-electron chi connectivity index (χ0n) is 10.6. The van der Waals surface area contributed by atoms with Crippen LogP contribution in [0.25, 0.3) is 0 Å². The number of hydrogen-bond acceptors (Lipinski definition) is 5. The number of aromatic nitrogens is 1. The Balaban J connectivity index is 2.32. The average Bonchev–Trinajstić information content (AvgIpc) is 2.46. The first-order valence-electron chi connectivity index (χ1n) is 5.66. The number of nitro groups is 1. The second-order valence-corrected chi connectivity index (χ2v) is 4.03. The molecular formula is C13H11N3O4. The third-order valence-electron chi connectivity index (χ3n) is 2.76. The maximum Gasteiger partial charge on any atom is 0.273 e. The van der Waals surface area contributed by atoms with Crippen LogP contribution in [0.15, 0.2) is 42.7 Å². The number of carbonyl (C=O) groups is 1. The van der Waals surface area contributed by atoms with Crippen molar-refractivity contribution in [3.8, 4) is 5.75 Å². The van der Waals surface area contributed by atoms with Crippen molar-refractivity contribution in [2.75, 3.05) is 11.9 Å². The number of carbonyl (C=O) groups excluding carboxylic acids is 1. The number of pyridine rings is 1. The van der Waals surface area contributed by atoms with Crippen LogP contribution < -0.4 is 4.90 Å². The molecule has 0 saturated carbocycles. The number of non-ortho nitro benzene ring substituents is 1. The smallest absolute Gasteiger partial charge is 0.273 e. The first kappa shape index (κ1) is 13.5. The number of nitrogens with zero attached hydrogens (tertiary/aromatic N) is 3. The third kappa shape index (κ3) is 2.56. The maximum atomic E-state index is 12.2. The summed E-state index contributed by atoms with van der Waals surface area (Å²) < 4.78 is 0. The highest BCUT2D eigenvalue weighted by molar-refractivity contribution is 6.07. The highest BCUT2D eigenvalue weighted by atomic mass is 16.6. The Hall–Kier alpha value is -2.96. The van der Waals surface area contributed by atoms with E-state index in [9.17, 15) is 20.0 Å². The van der Waals surface area contributed by atoms with Crippen LogP contribution in [0, 0.1) is 10.1 Å². The van der Waals surface area contributed by atoms with E-state index in [4.69, 9.17) is 0 Å². The molecule has 1 heterocycles. The molecule has 20 heavy (non-hydrogen) atoms. The number of phenols is 1. The molecule has 0 bridgehead atoms. The molecule has 0 aliphatic carbocycles. The summed E-state index contributed by atoms with van der Waals surface area (Å²) in [5.41, 5.74) is 0.264. The van der Waals surface area contributed by atoms with Crippen molar-refractivity contribution in [3.63, 3.8) is 0 Å². The van der Waals surface area contributed by atoms with Crippen molar-refractivity contribution >= 4 is 17.3 Å². The number of benzene rings is 1. The van der Waals surface area contributed by atoms with Crippen molar-refractivity contribution in [1.82, 2.24) is 4.98 Å². The summed E-state index contributed by atoms with van der Waals surface area (Å²) in [4.78, 5) is 27.4. The Morgan fingerprint density at radius 2 is 2.15 bits per heavy atom. The molecule has 1 amide bonds. The van der Waals surface area contributed by atoms with E-state index in [0.717, 1.165) is 6.07 Å². The van der Waals surface area contributed by atoms with Crippen molar-refractivity contribution in [1.29, 1.82) is 0 Å². The summed E-state index contributed by atoms with van der Waals surface area (Å²) in [6.07, 6.45) is 3.07. The molecule has 2 aromatic rings. The lowest BCUT2D eigenvalue weighted by Crippen LogP contribution is -2.26. The summed E-state index contributed by atoms with van der Waals surface area (Å²) in [6, 6.07) is 6.71. The van der Waals surface area contributed by atoms with Gasteiger partial charge in [-0.15, -0.1) is 0 Å². The fraction of sp³-hybridized carbons (Fsp3) is 0.0769. The fourth-order valence-electron chi connectivity index (χ4n) is 1.66. The monoisotopic (exact) mass is 273 g/mol. The molecule has 0 atom stereocenters. The van der Waals surface area contributed by atoms with Crippen LogP contribution in [0.1, 0.15) is 10.4 Å². The van der Waals surface area contributed by atoms with E-state index < -0.39 is 16.6 Å². The standard InChI is InChI=1S/C13H11N3O4/c1-15(10-3-2-6-14-8-10)13(18)11-5-4-9(16(19)20)7-12(11)17/h2-8,17H,1H3. The topological polar surface area (TPSA) is 96.6 Å². The number of anilines is 1. The van der Waals surface area contributed by atoms with Gasteiger partial charge in [0, 0.05) is 19.3 Å². The van der Waals surface area contributed by atoms with E-state index in [-0.39, 0.29) is 11.3 Å². The number of phenolic OH excluding ortho intramolecular Hbond substituents is 1. The maximum absolute atomic E-state index is 12.2. The average molecular weight is 273 g/mol. The zero-order chi connectivity index (χ0) is 14.7. The van der Waals surface area contributed by atoms with Gasteiger partial charge in [0.15, 0.2) is 0 Å². The van der Waals surface area contributed by atoms with E-state index >= 15 is 0 Å². The summed E-state index contributed by atoms with van der Waals surface area (Å²) in [7, 11) is 1.53. The van der Waals surface area contributed by atoms with Gasteiger partial charge >= 0.3 is 0 Å². The fourth-order valence-corrected chi connectivity index (χ4v) is 1.66. The first-order chi connectivity index (χ1) is 9.50. The lowest BCUT2D eigenvalue weighted by molar-refractivity contribution is -0.384. The van der Waals surface area contributed by atoms with Crippen LogP contribution in [0.4, 0.5) is 11.4 Å². The molecule has 2 rings (SSSR count). The van der Waals surface area contributed by atoms with Gasteiger partial charge in [-0.2, -0.15) is 0 Å². The minimum Gasteiger partial charge on any atom is -0.507 e. The molecule has 0 fully saturated rings. The van der Waals surface area contributed by atoms with Gasteiger partial charge in [-0.3, -0.25) is 19.9 Å². The predicted octanol–water partition coefficient (Wildman–Crippen LogP) is 1.97. The summed E-state index contributed by atoms with van der Waals surface area (Å²) >= 11 is 0. The van der Waals surface area contributed by atoms with Crippen LogP contribution in [0.3, 0.4) is 0 Å². The molecule has 0 unspecified atom stereocenters. The zero-order valence-corrected chi connectivity index (χ0v) is 10.6. The number of aromatic hydroxyl groups is 1. The first-order valence-corrected chi connectivity index (χ1v) is 5.66. The van der Waals surface area contributed by atoms with Crippen molar-refractivity contribution in [3.05, 3.63) is 58.4 Å². The Morgan fingerprint density at radius 3 is 2.70 bits per heavy atom. The van der Waals surface area contributed by atoms with Gasteiger partial charge in [0.25, 0.3) is 11.6 Å². The van der Waals surface area contributed by atoms with E-state index in [2.05, 4.69) is 4.98 Å². The molecule has 1 aromatic heterocycles. The second-order valence-electron chi connectivity index (χ2n) is 4.03. The van der Waals surface area contributed by atoms with E-state index in [0.29, 0.717) is 5.69 Å². The van der Waals surface area contributed by atoms with Crippen molar-refractivity contribution < 1.29 is 14.8 Å². The largest absolute Gasteiger partial charge is 0.507 e. The lowest BCUT2D eigenvalue weighted by atomic mass is 10.1. The second kappa shape index (κ2) is 5.35. The molecule has 1 N–H and O–H groups in total. The summed E-state index contributed by atoms with van der Waals surface area (Å²) in [5, 5.41) is 20.3. The number of amides is 1. The SMILES string of the molecule is CN(C(=O)c1ccc([N+](=O)[O-])cc1O)c1cccnc1. The van der Waals surface area contributed by atoms with Crippen molar-refractivity contribution in [2.45, 2.75) is 0 Å². The number of rotatable bonds is 3. The quantitative estimate of drug-likeness (QED) is 0.681. The normalized spacial score (nSPS) is 10.1. The van der Waals surface area contributed by atoms with Gasteiger partial charge in [0.2, 0.25) is 0 Å². The molecule has 7 nitrogen and oxygen atoms in total. The predicted molar refractivity (Wildman–Crippen MR) is 71.7 cm³/mol. The molecule has 1 aromatic carbocycles. The Morgan fingerprint density at radius 1 is 1.40 bits per heavy atom. The van der Waals surface area contributed by atoms with Gasteiger partial charge in [-0.05, 0) is 18.2 Å². The van der Waals surface area contributed by atoms with E-state index in [1.165, 1.54) is 30.3 Å². The molecule has 0 radical (unpaired) electrons. The Kier molecular flexibility index (Phi) is 3.60. The number of hydrogen-bond donors (Lipinski definition) is 1. The van der Waals surface area contributed by atoms with E-state index in [1.807, 2.05) is 0 Å².